The van der Waals surface area contributed by atoms with E-state index in [2.05, 4.69) is 5.32 Å². The molecule has 2 N–H and O–H groups in total. The molecule has 1 rings (SSSR count). The summed E-state index contributed by atoms with van der Waals surface area (Å²) < 4.78 is 4.76. The molecule has 0 bridgehead atoms. The monoisotopic (exact) mass is 159 g/mol. The zero-order valence-electron chi connectivity index (χ0n) is 6.54. The van der Waals surface area contributed by atoms with E-state index in [1.54, 1.807) is 6.92 Å². The molecule has 0 aliphatic carbocycles. The Morgan fingerprint density at radius 1 is 1.73 bits per heavy atom. The summed E-state index contributed by atoms with van der Waals surface area (Å²) in [4.78, 5) is 11.0. The van der Waals surface area contributed by atoms with Crippen LogP contribution in [0.2, 0.25) is 0 Å². The van der Waals surface area contributed by atoms with Gasteiger partial charge in [-0.05, 0) is 19.8 Å². The summed E-state index contributed by atoms with van der Waals surface area (Å²) in [5.41, 5.74) is 0. The van der Waals surface area contributed by atoms with Gasteiger partial charge in [-0.1, -0.05) is 0 Å². The molecule has 1 aliphatic rings. The number of carbonyl (C=O) groups is 1. The minimum Gasteiger partial charge on any atom is -0.465 e. The second kappa shape index (κ2) is 3.69. The fourth-order valence-electron chi connectivity index (χ4n) is 1.15. The summed E-state index contributed by atoms with van der Waals surface area (Å²) in [6.07, 6.45) is 0.758. The van der Waals surface area contributed by atoms with E-state index in [4.69, 9.17) is 9.84 Å². The van der Waals surface area contributed by atoms with Crippen LogP contribution >= 0.6 is 0 Å². The van der Waals surface area contributed by atoms with E-state index in [0.29, 0.717) is 19.4 Å². The first kappa shape index (κ1) is 8.49. The molecule has 1 heterocycles. The summed E-state index contributed by atoms with van der Waals surface area (Å²) in [5, 5.41) is 11.7. The second-order valence-electron chi connectivity index (χ2n) is 2.56. The second-order valence-corrected chi connectivity index (χ2v) is 2.56. The van der Waals surface area contributed by atoms with Crippen molar-refractivity contribution in [2.45, 2.75) is 32.0 Å². The van der Waals surface area contributed by atoms with Crippen LogP contribution in [0.1, 0.15) is 19.8 Å². The van der Waals surface area contributed by atoms with Gasteiger partial charge >= 0.3 is 5.97 Å². The quantitative estimate of drug-likeness (QED) is 0.539. The van der Waals surface area contributed by atoms with Crippen molar-refractivity contribution in [2.75, 3.05) is 6.61 Å². The molecular weight excluding hydrogens is 146 g/mol. The Balaban J connectivity index is 2.31. The van der Waals surface area contributed by atoms with E-state index >= 15 is 0 Å². The zero-order valence-corrected chi connectivity index (χ0v) is 6.54. The molecule has 1 unspecified atom stereocenters. The average Bonchev–Trinajstić information content (AvgIpc) is 2.36. The number of hydrogen-bond donors (Lipinski definition) is 2. The molecular formula is C7H13NO3. The van der Waals surface area contributed by atoms with Crippen molar-refractivity contribution in [1.82, 2.24) is 5.32 Å². The third-order valence-electron chi connectivity index (χ3n) is 1.69. The number of ether oxygens (including phenoxy) is 1. The van der Waals surface area contributed by atoms with Gasteiger partial charge in [0, 0.05) is 0 Å². The molecule has 0 aromatic carbocycles. The van der Waals surface area contributed by atoms with Gasteiger partial charge in [-0.2, -0.15) is 0 Å². The molecule has 1 saturated heterocycles. The van der Waals surface area contributed by atoms with Crippen LogP contribution in [0, 0.1) is 0 Å². The maximum atomic E-state index is 11.0. The van der Waals surface area contributed by atoms with Crippen LogP contribution in [-0.2, 0) is 9.53 Å². The molecule has 0 radical (unpaired) electrons. The largest absolute Gasteiger partial charge is 0.465 e. The van der Waals surface area contributed by atoms with E-state index < -0.39 is 6.23 Å². The molecule has 11 heavy (non-hydrogen) atoms. The van der Waals surface area contributed by atoms with Gasteiger partial charge in [0.25, 0.3) is 0 Å². The Morgan fingerprint density at radius 3 is 2.91 bits per heavy atom. The van der Waals surface area contributed by atoms with Crippen LogP contribution in [0.3, 0.4) is 0 Å². The van der Waals surface area contributed by atoms with Crippen molar-refractivity contribution in [3.05, 3.63) is 0 Å². The maximum absolute atomic E-state index is 11.0. The molecule has 0 saturated carbocycles. The smallest absolute Gasteiger partial charge is 0.323 e. The first-order valence-corrected chi connectivity index (χ1v) is 3.84. The Morgan fingerprint density at radius 2 is 2.45 bits per heavy atom. The van der Waals surface area contributed by atoms with Crippen molar-refractivity contribution in [3.63, 3.8) is 0 Å². The highest BCUT2D eigenvalue weighted by molar-refractivity contribution is 5.76. The number of aliphatic hydroxyl groups excluding tert-OH is 1. The van der Waals surface area contributed by atoms with E-state index in [0.717, 1.165) is 0 Å². The van der Waals surface area contributed by atoms with Crippen LogP contribution in [0.4, 0.5) is 0 Å². The molecule has 0 spiro atoms. The molecule has 4 heteroatoms. The zero-order chi connectivity index (χ0) is 8.27. The lowest BCUT2D eigenvalue weighted by atomic mass is 10.2. The third kappa shape index (κ3) is 2.17. The van der Waals surface area contributed by atoms with Crippen LogP contribution < -0.4 is 5.32 Å². The summed E-state index contributed by atoms with van der Waals surface area (Å²) in [7, 11) is 0. The van der Waals surface area contributed by atoms with E-state index in [-0.39, 0.29) is 12.0 Å². The summed E-state index contributed by atoms with van der Waals surface area (Å²) in [5.74, 6) is -0.260. The van der Waals surface area contributed by atoms with Crippen molar-refractivity contribution >= 4 is 5.97 Å². The topological polar surface area (TPSA) is 58.6 Å². The van der Waals surface area contributed by atoms with Gasteiger partial charge in [-0.15, -0.1) is 0 Å². The Hall–Kier alpha value is -0.610. The first-order valence-electron chi connectivity index (χ1n) is 3.84. The highest BCUT2D eigenvalue weighted by Crippen LogP contribution is 2.10. The van der Waals surface area contributed by atoms with Crippen LogP contribution in [-0.4, -0.2) is 30.0 Å². The average molecular weight is 159 g/mol. The van der Waals surface area contributed by atoms with Crippen molar-refractivity contribution < 1.29 is 14.6 Å². The Labute approximate surface area is 65.5 Å². The highest BCUT2D eigenvalue weighted by Gasteiger charge is 2.28. The third-order valence-corrected chi connectivity index (χ3v) is 1.69. The predicted octanol–water partition coefficient (Wildman–Crippen LogP) is -0.380. The van der Waals surface area contributed by atoms with Crippen LogP contribution in [0.25, 0.3) is 0 Å². The van der Waals surface area contributed by atoms with E-state index in [9.17, 15) is 4.79 Å². The Bertz CT molecular complexity index is 149. The molecule has 0 aromatic rings. The number of aliphatic hydroxyl groups is 1. The van der Waals surface area contributed by atoms with E-state index in [1.165, 1.54) is 0 Å². The van der Waals surface area contributed by atoms with Gasteiger partial charge in [-0.25, -0.2) is 0 Å². The normalized spacial score (nSPS) is 30.4. The minimum atomic E-state index is -0.538. The summed E-state index contributed by atoms with van der Waals surface area (Å²) >= 11 is 0. The highest BCUT2D eigenvalue weighted by atomic mass is 16.5. The molecule has 0 amide bonds. The molecule has 1 fully saturated rings. The SMILES string of the molecule is CCOC(=O)[C@H]1CCC(O)N1. The number of hydrogen-bond acceptors (Lipinski definition) is 4. The maximum Gasteiger partial charge on any atom is 0.323 e. The number of rotatable bonds is 2. The van der Waals surface area contributed by atoms with Crippen LogP contribution in [0.15, 0.2) is 0 Å². The molecule has 0 aromatic heterocycles. The van der Waals surface area contributed by atoms with E-state index in [1.807, 2.05) is 0 Å². The first-order chi connectivity index (χ1) is 5.24. The van der Waals surface area contributed by atoms with Crippen molar-refractivity contribution in [1.29, 1.82) is 0 Å². The lowest BCUT2D eigenvalue weighted by molar-refractivity contribution is -0.145. The Kier molecular flexibility index (Phi) is 2.84. The fourth-order valence-corrected chi connectivity index (χ4v) is 1.15. The van der Waals surface area contributed by atoms with Crippen LogP contribution in [0.5, 0.6) is 0 Å². The molecule has 64 valence electrons. The van der Waals surface area contributed by atoms with Gasteiger partial charge in [0.15, 0.2) is 0 Å². The standard InChI is InChI=1S/C7H13NO3/c1-2-11-7(10)5-3-4-6(9)8-5/h5-6,8-9H,2-4H2,1H3/t5-,6?/m1/s1. The summed E-state index contributed by atoms with van der Waals surface area (Å²) in [6.45, 7) is 2.16. The number of nitrogens with one attached hydrogen (secondary N) is 1. The molecule has 1 aliphatic heterocycles. The predicted molar refractivity (Wildman–Crippen MR) is 38.8 cm³/mol. The molecule has 4 nitrogen and oxygen atoms in total. The lowest BCUT2D eigenvalue weighted by Crippen LogP contribution is -2.36. The van der Waals surface area contributed by atoms with Gasteiger partial charge in [0.1, 0.15) is 12.3 Å². The van der Waals surface area contributed by atoms with Gasteiger partial charge in [0.05, 0.1) is 6.61 Å². The fraction of sp³-hybridized carbons (Fsp3) is 0.857. The minimum absolute atomic E-state index is 0.260. The van der Waals surface area contributed by atoms with Crippen molar-refractivity contribution in [3.8, 4) is 0 Å². The molecule has 2 atom stereocenters. The van der Waals surface area contributed by atoms with Gasteiger partial charge in [-0.3, -0.25) is 10.1 Å². The van der Waals surface area contributed by atoms with Gasteiger partial charge < -0.3 is 9.84 Å². The number of carbonyl (C=O) groups excluding carboxylic acids is 1. The van der Waals surface area contributed by atoms with Gasteiger partial charge in [0.2, 0.25) is 0 Å². The lowest BCUT2D eigenvalue weighted by Gasteiger charge is -2.08. The summed E-state index contributed by atoms with van der Waals surface area (Å²) in [6, 6.07) is -0.301. The number of esters is 1. The van der Waals surface area contributed by atoms with Crippen molar-refractivity contribution in [2.24, 2.45) is 0 Å².